The van der Waals surface area contributed by atoms with Crippen LogP contribution in [0.3, 0.4) is 0 Å². The number of carbonyl (C=O) groups excluding carboxylic acids is 3. The van der Waals surface area contributed by atoms with Gasteiger partial charge in [0.05, 0.1) is 22.4 Å². The van der Waals surface area contributed by atoms with Crippen LogP contribution in [0.25, 0.3) is 0 Å². The number of hydrogen-bond acceptors (Lipinski definition) is 6. The number of non-ortho nitro benzene ring substituents is 1. The van der Waals surface area contributed by atoms with E-state index in [2.05, 4.69) is 10.2 Å². The van der Waals surface area contributed by atoms with Crippen LogP contribution >= 0.6 is 0 Å². The van der Waals surface area contributed by atoms with Gasteiger partial charge in [-0.25, -0.2) is 4.90 Å². The molecule has 32 heavy (non-hydrogen) atoms. The Balaban J connectivity index is 1.52. The van der Waals surface area contributed by atoms with Gasteiger partial charge >= 0.3 is 0 Å². The van der Waals surface area contributed by atoms with Crippen molar-refractivity contribution < 1.29 is 19.3 Å². The minimum atomic E-state index is -1.21. The number of hydrogen-bond donors (Lipinski definition) is 1. The summed E-state index contributed by atoms with van der Waals surface area (Å²) in [4.78, 5) is 54.9. The molecule has 0 bridgehead atoms. The van der Waals surface area contributed by atoms with E-state index in [-0.39, 0.29) is 23.5 Å². The zero-order valence-corrected chi connectivity index (χ0v) is 17.3. The van der Waals surface area contributed by atoms with E-state index in [0.717, 1.165) is 23.3 Å². The number of nitro groups is 1. The molecule has 162 valence electrons. The molecule has 1 spiro atoms. The lowest BCUT2D eigenvalue weighted by molar-refractivity contribution is -0.384. The number of imide groups is 1. The Morgan fingerprint density at radius 2 is 1.91 bits per heavy atom. The van der Waals surface area contributed by atoms with Crippen molar-refractivity contribution in [1.29, 1.82) is 0 Å². The molecule has 9 nitrogen and oxygen atoms in total. The van der Waals surface area contributed by atoms with Crippen LogP contribution < -0.4 is 10.2 Å². The van der Waals surface area contributed by atoms with Gasteiger partial charge in [-0.05, 0) is 44.0 Å². The first kappa shape index (κ1) is 19.1. The van der Waals surface area contributed by atoms with Gasteiger partial charge in [0.25, 0.3) is 5.69 Å². The number of anilines is 2. The second kappa shape index (κ2) is 6.23. The monoisotopic (exact) mass is 432 g/mol. The molecule has 0 aliphatic carbocycles. The van der Waals surface area contributed by atoms with Crippen LogP contribution in [0.15, 0.2) is 42.5 Å². The fraction of sp³-hybridized carbons (Fsp3) is 0.348. The number of amides is 3. The molecule has 1 N–H and O–H groups in total. The summed E-state index contributed by atoms with van der Waals surface area (Å²) in [5.74, 6) is -2.47. The third-order valence-electron chi connectivity index (χ3n) is 7.53. The molecule has 4 aliphatic heterocycles. The van der Waals surface area contributed by atoms with Crippen LogP contribution in [0.2, 0.25) is 0 Å². The van der Waals surface area contributed by atoms with Crippen LogP contribution in [0.4, 0.5) is 17.1 Å². The molecule has 4 heterocycles. The predicted octanol–water partition coefficient (Wildman–Crippen LogP) is 2.33. The van der Waals surface area contributed by atoms with Gasteiger partial charge in [-0.15, -0.1) is 0 Å². The third kappa shape index (κ3) is 2.09. The SMILES string of the molecule is Cc1cc([N+](=O)[O-])ccc1N1C(=O)[C@@H]2[C@@H](C1=O)[C@]1(C(=O)Nc3ccccc31)N1CCC[C@@H]21. The summed E-state index contributed by atoms with van der Waals surface area (Å²) in [6.07, 6.45) is 1.59. The van der Waals surface area contributed by atoms with E-state index < -0.39 is 28.2 Å². The van der Waals surface area contributed by atoms with Crippen molar-refractivity contribution in [1.82, 2.24) is 4.90 Å². The smallest absolute Gasteiger partial charge is 0.269 e. The molecule has 0 radical (unpaired) electrons. The van der Waals surface area contributed by atoms with Crippen LogP contribution in [0.1, 0.15) is 24.0 Å². The summed E-state index contributed by atoms with van der Waals surface area (Å²) < 4.78 is 0. The van der Waals surface area contributed by atoms with Gasteiger partial charge in [0.2, 0.25) is 17.7 Å². The number of benzene rings is 2. The first-order chi connectivity index (χ1) is 15.4. The van der Waals surface area contributed by atoms with E-state index >= 15 is 0 Å². The van der Waals surface area contributed by atoms with E-state index in [4.69, 9.17) is 0 Å². The molecule has 2 aromatic carbocycles. The molecule has 4 aliphatic rings. The van der Waals surface area contributed by atoms with Gasteiger partial charge in [0, 0.05) is 29.4 Å². The average Bonchev–Trinajstić information content (AvgIpc) is 3.47. The lowest BCUT2D eigenvalue weighted by Crippen LogP contribution is -2.54. The van der Waals surface area contributed by atoms with Gasteiger partial charge in [-0.3, -0.25) is 29.4 Å². The van der Waals surface area contributed by atoms with Crippen molar-refractivity contribution in [2.45, 2.75) is 31.3 Å². The number of para-hydroxylation sites is 1. The Morgan fingerprint density at radius 3 is 2.66 bits per heavy atom. The maximum atomic E-state index is 13.9. The van der Waals surface area contributed by atoms with Gasteiger partial charge in [-0.2, -0.15) is 0 Å². The number of aryl methyl sites for hydroxylation is 1. The summed E-state index contributed by atoms with van der Waals surface area (Å²) in [5, 5.41) is 14.1. The van der Waals surface area contributed by atoms with E-state index in [1.54, 1.807) is 6.92 Å². The third-order valence-corrected chi connectivity index (χ3v) is 7.53. The largest absolute Gasteiger partial charge is 0.324 e. The molecule has 4 atom stereocenters. The highest BCUT2D eigenvalue weighted by atomic mass is 16.6. The van der Waals surface area contributed by atoms with Crippen molar-refractivity contribution in [2.24, 2.45) is 11.8 Å². The Bertz CT molecular complexity index is 1240. The summed E-state index contributed by atoms with van der Waals surface area (Å²) in [6.45, 7) is 2.29. The number of rotatable bonds is 2. The van der Waals surface area contributed by atoms with Crippen molar-refractivity contribution >= 4 is 34.8 Å². The van der Waals surface area contributed by atoms with Gasteiger partial charge in [0.15, 0.2) is 0 Å². The minimum absolute atomic E-state index is 0.104. The summed E-state index contributed by atoms with van der Waals surface area (Å²) >= 11 is 0. The summed E-state index contributed by atoms with van der Waals surface area (Å²) in [6, 6.07) is 11.3. The van der Waals surface area contributed by atoms with E-state index in [9.17, 15) is 24.5 Å². The van der Waals surface area contributed by atoms with Crippen molar-refractivity contribution in [3.63, 3.8) is 0 Å². The number of carbonyl (C=O) groups is 3. The van der Waals surface area contributed by atoms with Crippen LogP contribution in [0.5, 0.6) is 0 Å². The molecule has 2 aromatic rings. The highest BCUT2D eigenvalue weighted by molar-refractivity contribution is 6.26. The number of nitro benzene ring substituents is 1. The molecule has 3 fully saturated rings. The standard InChI is InChI=1S/C23H20N4O5/c1-12-11-13(27(31)32)8-9-16(12)26-20(28)18-17-7-4-10-25(17)23(19(18)21(26)29)14-5-2-3-6-15(14)24-22(23)30/h2-3,5-6,8-9,11,17-19H,4,7,10H2,1H3,(H,24,30)/t17-,18-,19-,23+/m0/s1. The second-order valence-corrected chi connectivity index (χ2v) is 8.91. The van der Waals surface area contributed by atoms with Crippen LogP contribution in [-0.2, 0) is 19.9 Å². The number of fused-ring (bicyclic) bond motifs is 7. The molecule has 0 aromatic heterocycles. The Hall–Kier alpha value is -3.59. The lowest BCUT2D eigenvalue weighted by atomic mass is 9.75. The first-order valence-electron chi connectivity index (χ1n) is 10.7. The first-order valence-corrected chi connectivity index (χ1v) is 10.7. The maximum absolute atomic E-state index is 13.9. The molecule has 0 unspecified atom stereocenters. The molecule has 3 saturated heterocycles. The van der Waals surface area contributed by atoms with Gasteiger partial charge in [-0.1, -0.05) is 18.2 Å². The fourth-order valence-corrected chi connectivity index (χ4v) is 6.40. The molecular formula is C23H20N4O5. The van der Waals surface area contributed by atoms with Gasteiger partial charge < -0.3 is 5.32 Å². The summed E-state index contributed by atoms with van der Waals surface area (Å²) in [7, 11) is 0. The molecule has 0 saturated carbocycles. The fourth-order valence-electron chi connectivity index (χ4n) is 6.40. The number of nitrogens with zero attached hydrogens (tertiary/aromatic N) is 3. The Kier molecular flexibility index (Phi) is 3.72. The second-order valence-electron chi connectivity index (χ2n) is 8.91. The molecule has 3 amide bonds. The lowest BCUT2D eigenvalue weighted by Gasteiger charge is -2.36. The average molecular weight is 432 g/mol. The zero-order valence-electron chi connectivity index (χ0n) is 17.3. The maximum Gasteiger partial charge on any atom is 0.269 e. The van der Waals surface area contributed by atoms with E-state index in [0.29, 0.717) is 23.5 Å². The quantitative estimate of drug-likeness (QED) is 0.443. The highest BCUT2D eigenvalue weighted by Gasteiger charge is 2.74. The van der Waals surface area contributed by atoms with E-state index in [1.807, 2.05) is 24.3 Å². The van der Waals surface area contributed by atoms with Gasteiger partial charge in [0.1, 0.15) is 5.54 Å². The normalized spacial score (nSPS) is 30.6. The Morgan fingerprint density at radius 1 is 1.12 bits per heavy atom. The van der Waals surface area contributed by atoms with Crippen molar-refractivity contribution in [2.75, 3.05) is 16.8 Å². The Labute approximate surface area is 183 Å². The highest BCUT2D eigenvalue weighted by Crippen LogP contribution is 2.60. The predicted molar refractivity (Wildman–Crippen MR) is 114 cm³/mol. The van der Waals surface area contributed by atoms with Crippen molar-refractivity contribution in [3.8, 4) is 0 Å². The van der Waals surface area contributed by atoms with Crippen LogP contribution in [0, 0.1) is 28.9 Å². The van der Waals surface area contributed by atoms with E-state index in [1.165, 1.54) is 18.2 Å². The zero-order chi connectivity index (χ0) is 22.4. The molecule has 6 rings (SSSR count). The molecular weight excluding hydrogens is 412 g/mol. The topological polar surface area (TPSA) is 113 Å². The summed E-state index contributed by atoms with van der Waals surface area (Å²) in [5.41, 5.74) is 0.911. The number of nitrogens with one attached hydrogen (secondary N) is 1. The molecule has 9 heteroatoms. The minimum Gasteiger partial charge on any atom is -0.324 e. The van der Waals surface area contributed by atoms with Crippen LogP contribution in [-0.4, -0.2) is 40.1 Å². The van der Waals surface area contributed by atoms with Crippen molar-refractivity contribution in [3.05, 3.63) is 63.7 Å².